The topological polar surface area (TPSA) is 101 Å². The van der Waals surface area contributed by atoms with Crippen LogP contribution < -0.4 is 11.1 Å². The Morgan fingerprint density at radius 3 is 2.50 bits per heavy atom. The maximum absolute atomic E-state index is 11.4. The molecule has 7 nitrogen and oxygen atoms in total. The van der Waals surface area contributed by atoms with Gasteiger partial charge in [-0.3, -0.25) is 0 Å². The molecule has 9 heteroatoms. The van der Waals surface area contributed by atoms with E-state index >= 15 is 0 Å². The lowest BCUT2D eigenvalue weighted by Crippen LogP contribution is -2.42. The van der Waals surface area contributed by atoms with E-state index in [1.165, 1.54) is 10.6 Å². The zero-order chi connectivity index (χ0) is 14.9. The predicted molar refractivity (Wildman–Crippen MR) is 79.3 cm³/mol. The molecule has 0 atom stereocenters. The average Bonchev–Trinajstić information content (AvgIpc) is 2.35. The number of hydrogen-bond acceptors (Lipinski definition) is 6. The number of rotatable bonds is 3. The van der Waals surface area contributed by atoms with Crippen molar-refractivity contribution in [3.8, 4) is 0 Å². The standard InChI is InChI=1S/C11H18ClN5O2S/c1-7-9(13)10(16-11(12)14-7)15-8-3-5-17(6-4-8)20(2,18)19/h8H,3-6,13H2,1-2H3,(H,14,15,16). The molecule has 1 aromatic rings. The molecule has 2 rings (SSSR count). The second-order valence-electron chi connectivity index (χ2n) is 4.92. The highest BCUT2D eigenvalue weighted by Crippen LogP contribution is 2.24. The lowest BCUT2D eigenvalue weighted by molar-refractivity contribution is 0.331. The van der Waals surface area contributed by atoms with Crippen LogP contribution >= 0.6 is 11.6 Å². The Hall–Kier alpha value is -1.12. The second-order valence-corrected chi connectivity index (χ2v) is 7.24. The molecule has 0 radical (unpaired) electrons. The van der Waals surface area contributed by atoms with Gasteiger partial charge < -0.3 is 11.1 Å². The molecular formula is C11H18ClN5O2S. The van der Waals surface area contributed by atoms with Gasteiger partial charge in [-0.2, -0.15) is 4.98 Å². The number of nitrogens with zero attached hydrogens (tertiary/aromatic N) is 3. The minimum Gasteiger partial charge on any atom is -0.394 e. The van der Waals surface area contributed by atoms with E-state index in [0.717, 1.165) is 0 Å². The summed E-state index contributed by atoms with van der Waals surface area (Å²) < 4.78 is 24.4. The molecule has 1 aliphatic rings. The molecule has 1 aliphatic heterocycles. The van der Waals surface area contributed by atoms with Gasteiger partial charge in [0.15, 0.2) is 5.82 Å². The van der Waals surface area contributed by atoms with Gasteiger partial charge in [-0.1, -0.05) is 0 Å². The number of piperidine rings is 1. The fraction of sp³-hybridized carbons (Fsp3) is 0.636. The summed E-state index contributed by atoms with van der Waals surface area (Å²) in [6.45, 7) is 2.75. The third-order valence-corrected chi connectivity index (χ3v) is 4.84. The van der Waals surface area contributed by atoms with Crippen molar-refractivity contribution in [1.29, 1.82) is 0 Å². The van der Waals surface area contributed by atoms with Crippen LogP contribution in [0.15, 0.2) is 0 Å². The summed E-state index contributed by atoms with van der Waals surface area (Å²) in [6.07, 6.45) is 2.63. The molecule has 1 aromatic heterocycles. The number of hydrogen-bond donors (Lipinski definition) is 2. The Labute approximate surface area is 123 Å². The molecule has 2 heterocycles. The molecule has 3 N–H and O–H groups in total. The van der Waals surface area contributed by atoms with E-state index in [9.17, 15) is 8.42 Å². The first kappa shape index (κ1) is 15.3. The first-order chi connectivity index (χ1) is 9.27. The third kappa shape index (κ3) is 3.50. The summed E-state index contributed by atoms with van der Waals surface area (Å²) >= 11 is 5.82. The van der Waals surface area contributed by atoms with Crippen LogP contribution in [0.5, 0.6) is 0 Å². The van der Waals surface area contributed by atoms with Crippen molar-refractivity contribution < 1.29 is 8.42 Å². The zero-order valence-electron chi connectivity index (χ0n) is 11.4. The molecule has 0 aliphatic carbocycles. The monoisotopic (exact) mass is 319 g/mol. The Bertz CT molecular complexity index is 599. The lowest BCUT2D eigenvalue weighted by atomic mass is 10.1. The van der Waals surface area contributed by atoms with Crippen LogP contribution in [-0.4, -0.2) is 48.1 Å². The summed E-state index contributed by atoms with van der Waals surface area (Å²) in [5, 5.41) is 3.37. The van der Waals surface area contributed by atoms with Gasteiger partial charge in [0.05, 0.1) is 17.6 Å². The molecule has 0 unspecified atom stereocenters. The molecule has 0 spiro atoms. The number of nitrogens with two attached hydrogens (primary N) is 1. The van der Waals surface area contributed by atoms with E-state index in [1.807, 2.05) is 0 Å². The maximum atomic E-state index is 11.4. The fourth-order valence-electron chi connectivity index (χ4n) is 2.18. The van der Waals surface area contributed by atoms with Crippen LogP contribution in [0.25, 0.3) is 0 Å². The maximum Gasteiger partial charge on any atom is 0.224 e. The van der Waals surface area contributed by atoms with Crippen molar-refractivity contribution in [2.75, 3.05) is 30.4 Å². The minimum absolute atomic E-state index is 0.126. The van der Waals surface area contributed by atoms with Gasteiger partial charge >= 0.3 is 0 Å². The molecule has 0 bridgehead atoms. The number of anilines is 2. The van der Waals surface area contributed by atoms with E-state index in [1.54, 1.807) is 6.92 Å². The van der Waals surface area contributed by atoms with Crippen molar-refractivity contribution in [2.24, 2.45) is 0 Å². The SMILES string of the molecule is Cc1nc(Cl)nc(NC2CCN(S(C)(=O)=O)CC2)c1N. The summed E-state index contributed by atoms with van der Waals surface area (Å²) in [7, 11) is -3.11. The van der Waals surface area contributed by atoms with Crippen molar-refractivity contribution >= 4 is 33.1 Å². The lowest BCUT2D eigenvalue weighted by Gasteiger charge is -2.31. The molecule has 1 saturated heterocycles. The zero-order valence-corrected chi connectivity index (χ0v) is 13.0. The van der Waals surface area contributed by atoms with E-state index < -0.39 is 10.0 Å². The molecular weight excluding hydrogens is 302 g/mol. The van der Waals surface area contributed by atoms with Gasteiger partial charge in [-0.05, 0) is 31.4 Å². The number of nitrogen functional groups attached to an aromatic ring is 1. The minimum atomic E-state index is -3.11. The normalized spacial score (nSPS) is 18.1. The van der Waals surface area contributed by atoms with Crippen molar-refractivity contribution in [3.05, 3.63) is 11.0 Å². The number of nitrogens with one attached hydrogen (secondary N) is 1. The van der Waals surface area contributed by atoms with Crippen LogP contribution in [-0.2, 0) is 10.0 Å². The molecule has 112 valence electrons. The predicted octanol–water partition coefficient (Wildman–Crippen LogP) is 0.857. The van der Waals surface area contributed by atoms with E-state index in [4.69, 9.17) is 17.3 Å². The summed E-state index contributed by atoms with van der Waals surface area (Å²) in [4.78, 5) is 8.05. The van der Waals surface area contributed by atoms with Gasteiger partial charge in [0, 0.05) is 19.1 Å². The van der Waals surface area contributed by atoms with Gasteiger partial charge in [-0.15, -0.1) is 0 Å². The number of sulfonamides is 1. The smallest absolute Gasteiger partial charge is 0.224 e. The van der Waals surface area contributed by atoms with Gasteiger partial charge in [0.2, 0.25) is 15.3 Å². The fourth-order valence-corrected chi connectivity index (χ4v) is 3.27. The van der Waals surface area contributed by atoms with Crippen molar-refractivity contribution in [1.82, 2.24) is 14.3 Å². The summed E-state index contributed by atoms with van der Waals surface area (Å²) in [5.41, 5.74) is 7.01. The van der Waals surface area contributed by atoms with Crippen LogP contribution in [0.3, 0.4) is 0 Å². The number of aryl methyl sites for hydroxylation is 1. The highest BCUT2D eigenvalue weighted by Gasteiger charge is 2.25. The van der Waals surface area contributed by atoms with E-state index in [-0.39, 0.29) is 11.3 Å². The molecule has 0 saturated carbocycles. The first-order valence-electron chi connectivity index (χ1n) is 6.28. The number of aromatic nitrogens is 2. The Morgan fingerprint density at radius 1 is 1.35 bits per heavy atom. The highest BCUT2D eigenvalue weighted by atomic mass is 35.5. The van der Waals surface area contributed by atoms with Gasteiger partial charge in [0.25, 0.3) is 0 Å². The first-order valence-corrected chi connectivity index (χ1v) is 8.51. The van der Waals surface area contributed by atoms with Crippen molar-refractivity contribution in [2.45, 2.75) is 25.8 Å². The summed E-state index contributed by atoms with van der Waals surface area (Å²) in [6, 6.07) is 0.126. The quantitative estimate of drug-likeness (QED) is 0.801. The van der Waals surface area contributed by atoms with E-state index in [0.29, 0.717) is 43.1 Å². The molecule has 1 fully saturated rings. The van der Waals surface area contributed by atoms with Crippen LogP contribution in [0.1, 0.15) is 18.5 Å². The second kappa shape index (κ2) is 5.71. The summed E-state index contributed by atoms with van der Waals surface area (Å²) in [5.74, 6) is 0.514. The molecule has 20 heavy (non-hydrogen) atoms. The molecule has 0 aromatic carbocycles. The Balaban J connectivity index is 2.03. The van der Waals surface area contributed by atoms with Crippen LogP contribution in [0.4, 0.5) is 11.5 Å². The van der Waals surface area contributed by atoms with Crippen LogP contribution in [0, 0.1) is 6.92 Å². The average molecular weight is 320 g/mol. The largest absolute Gasteiger partial charge is 0.394 e. The van der Waals surface area contributed by atoms with Crippen LogP contribution in [0.2, 0.25) is 5.28 Å². The highest BCUT2D eigenvalue weighted by molar-refractivity contribution is 7.88. The van der Waals surface area contributed by atoms with Crippen molar-refractivity contribution in [3.63, 3.8) is 0 Å². The van der Waals surface area contributed by atoms with E-state index in [2.05, 4.69) is 15.3 Å². The molecule has 0 amide bonds. The third-order valence-electron chi connectivity index (χ3n) is 3.37. The Kier molecular flexibility index (Phi) is 4.36. The number of halogens is 1. The van der Waals surface area contributed by atoms with Gasteiger partial charge in [-0.25, -0.2) is 17.7 Å². The Morgan fingerprint density at radius 2 is 1.95 bits per heavy atom. The van der Waals surface area contributed by atoms with Gasteiger partial charge in [0.1, 0.15) is 0 Å².